The van der Waals surface area contributed by atoms with Crippen LogP contribution in [0.3, 0.4) is 0 Å². The van der Waals surface area contributed by atoms with Gasteiger partial charge in [0.05, 0.1) is 17.8 Å². The second-order valence-electron chi connectivity index (χ2n) is 5.83. The third-order valence-electron chi connectivity index (χ3n) is 4.79. The molecule has 92 valence electrons. The van der Waals surface area contributed by atoms with Crippen LogP contribution >= 0.6 is 0 Å². The number of ether oxygens (including phenoxy) is 2. The summed E-state index contributed by atoms with van der Waals surface area (Å²) in [5.74, 6) is 0.436. The van der Waals surface area contributed by atoms with Crippen LogP contribution in [0.25, 0.3) is 0 Å². The van der Waals surface area contributed by atoms with E-state index in [1.807, 2.05) is 0 Å². The molecule has 3 heteroatoms. The van der Waals surface area contributed by atoms with Crippen molar-refractivity contribution < 1.29 is 14.6 Å². The van der Waals surface area contributed by atoms with E-state index in [2.05, 4.69) is 0 Å². The van der Waals surface area contributed by atoms with Crippen molar-refractivity contribution in [3.8, 4) is 0 Å². The Morgan fingerprint density at radius 2 is 1.88 bits per heavy atom. The van der Waals surface area contributed by atoms with Crippen molar-refractivity contribution >= 4 is 0 Å². The SMILES string of the molecule is OC1(C2CCOC3(CCOC3)C2)CCCC1. The molecule has 3 fully saturated rings. The number of aliphatic hydroxyl groups is 1. The molecule has 2 unspecified atom stereocenters. The minimum absolute atomic E-state index is 0.0543. The normalized spacial score (nSPS) is 42.9. The van der Waals surface area contributed by atoms with Gasteiger partial charge >= 0.3 is 0 Å². The van der Waals surface area contributed by atoms with Crippen LogP contribution in [-0.4, -0.2) is 36.1 Å². The molecule has 0 aromatic rings. The smallest absolute Gasteiger partial charge is 0.0940 e. The molecular weight excluding hydrogens is 204 g/mol. The topological polar surface area (TPSA) is 38.7 Å². The summed E-state index contributed by atoms with van der Waals surface area (Å²) in [7, 11) is 0. The molecule has 2 heterocycles. The highest BCUT2D eigenvalue weighted by Crippen LogP contribution is 2.45. The van der Waals surface area contributed by atoms with Gasteiger partial charge in [-0.25, -0.2) is 0 Å². The third kappa shape index (κ3) is 1.79. The average Bonchev–Trinajstić information content (AvgIpc) is 2.90. The lowest BCUT2D eigenvalue weighted by atomic mass is 9.74. The van der Waals surface area contributed by atoms with Crippen molar-refractivity contribution in [2.45, 2.75) is 56.1 Å². The van der Waals surface area contributed by atoms with Crippen molar-refractivity contribution in [3.05, 3.63) is 0 Å². The van der Waals surface area contributed by atoms with Gasteiger partial charge in [-0.15, -0.1) is 0 Å². The Balaban J connectivity index is 1.72. The van der Waals surface area contributed by atoms with Crippen molar-refractivity contribution in [2.75, 3.05) is 19.8 Å². The third-order valence-corrected chi connectivity index (χ3v) is 4.79. The number of hydrogen-bond donors (Lipinski definition) is 1. The van der Waals surface area contributed by atoms with Gasteiger partial charge in [0.1, 0.15) is 0 Å². The molecule has 1 saturated carbocycles. The summed E-state index contributed by atoms with van der Waals surface area (Å²) in [6.07, 6.45) is 7.42. The number of hydrogen-bond acceptors (Lipinski definition) is 3. The summed E-state index contributed by atoms with van der Waals surface area (Å²) in [4.78, 5) is 0. The first-order valence-electron chi connectivity index (χ1n) is 6.67. The molecule has 0 radical (unpaired) electrons. The highest BCUT2D eigenvalue weighted by molar-refractivity contribution is 4.99. The highest BCUT2D eigenvalue weighted by atomic mass is 16.6. The second kappa shape index (κ2) is 3.97. The highest BCUT2D eigenvalue weighted by Gasteiger charge is 2.48. The minimum Gasteiger partial charge on any atom is -0.390 e. The van der Waals surface area contributed by atoms with Crippen LogP contribution in [0.2, 0.25) is 0 Å². The van der Waals surface area contributed by atoms with E-state index in [1.54, 1.807) is 0 Å². The average molecular weight is 226 g/mol. The first-order valence-corrected chi connectivity index (χ1v) is 6.67. The fourth-order valence-electron chi connectivity index (χ4n) is 3.75. The standard InChI is InChI=1S/C13H22O3/c14-13(4-1-2-5-13)11-3-7-16-12(9-11)6-8-15-10-12/h11,14H,1-10H2. The molecule has 2 aliphatic heterocycles. The molecule has 16 heavy (non-hydrogen) atoms. The molecule has 1 spiro atoms. The summed E-state index contributed by atoms with van der Waals surface area (Å²) in [6.45, 7) is 2.36. The molecule has 0 bridgehead atoms. The Bertz CT molecular complexity index is 242. The summed E-state index contributed by atoms with van der Waals surface area (Å²) >= 11 is 0. The summed E-state index contributed by atoms with van der Waals surface area (Å²) < 4.78 is 11.4. The van der Waals surface area contributed by atoms with Gasteiger partial charge < -0.3 is 14.6 Å². The van der Waals surface area contributed by atoms with Crippen LogP contribution in [0.4, 0.5) is 0 Å². The van der Waals surface area contributed by atoms with E-state index in [0.29, 0.717) is 5.92 Å². The molecule has 1 aliphatic carbocycles. The van der Waals surface area contributed by atoms with Gasteiger partial charge in [-0.1, -0.05) is 12.8 Å². The van der Waals surface area contributed by atoms with E-state index < -0.39 is 0 Å². The fraction of sp³-hybridized carbons (Fsp3) is 1.00. The molecule has 2 atom stereocenters. The van der Waals surface area contributed by atoms with E-state index in [-0.39, 0.29) is 11.2 Å². The van der Waals surface area contributed by atoms with Crippen LogP contribution in [0.1, 0.15) is 44.9 Å². The molecule has 0 aromatic carbocycles. The van der Waals surface area contributed by atoms with Gasteiger partial charge in [0, 0.05) is 19.6 Å². The maximum absolute atomic E-state index is 10.7. The largest absolute Gasteiger partial charge is 0.390 e. The van der Waals surface area contributed by atoms with Crippen LogP contribution in [0.15, 0.2) is 0 Å². The van der Waals surface area contributed by atoms with E-state index in [1.165, 1.54) is 12.8 Å². The fourth-order valence-corrected chi connectivity index (χ4v) is 3.75. The van der Waals surface area contributed by atoms with Gasteiger partial charge in [-0.05, 0) is 31.6 Å². The first-order chi connectivity index (χ1) is 7.73. The van der Waals surface area contributed by atoms with Gasteiger partial charge in [-0.2, -0.15) is 0 Å². The van der Waals surface area contributed by atoms with Crippen molar-refractivity contribution in [3.63, 3.8) is 0 Å². The van der Waals surface area contributed by atoms with Crippen LogP contribution < -0.4 is 0 Å². The lowest BCUT2D eigenvalue weighted by Crippen LogP contribution is -2.47. The summed E-state index contributed by atoms with van der Waals surface area (Å²) in [5.41, 5.74) is -0.444. The summed E-state index contributed by atoms with van der Waals surface area (Å²) in [5, 5.41) is 10.7. The van der Waals surface area contributed by atoms with Gasteiger partial charge in [0.15, 0.2) is 0 Å². The van der Waals surface area contributed by atoms with Gasteiger partial charge in [0.2, 0.25) is 0 Å². The summed E-state index contributed by atoms with van der Waals surface area (Å²) in [6, 6.07) is 0. The molecular formula is C13H22O3. The zero-order valence-electron chi connectivity index (χ0n) is 9.91. The Hall–Kier alpha value is -0.120. The quantitative estimate of drug-likeness (QED) is 0.742. The Morgan fingerprint density at radius 3 is 2.56 bits per heavy atom. The van der Waals surface area contributed by atoms with Crippen LogP contribution in [0, 0.1) is 5.92 Å². The first kappa shape index (κ1) is 11.0. The number of rotatable bonds is 1. The Kier molecular flexibility index (Phi) is 2.73. The van der Waals surface area contributed by atoms with E-state index >= 15 is 0 Å². The van der Waals surface area contributed by atoms with E-state index in [0.717, 1.165) is 51.9 Å². The zero-order chi connectivity index (χ0) is 11.1. The minimum atomic E-state index is -0.390. The van der Waals surface area contributed by atoms with Crippen LogP contribution in [-0.2, 0) is 9.47 Å². The zero-order valence-corrected chi connectivity index (χ0v) is 9.91. The monoisotopic (exact) mass is 226 g/mol. The van der Waals surface area contributed by atoms with Crippen molar-refractivity contribution in [1.29, 1.82) is 0 Å². The molecule has 2 saturated heterocycles. The maximum Gasteiger partial charge on any atom is 0.0940 e. The molecule has 3 nitrogen and oxygen atoms in total. The molecule has 0 amide bonds. The second-order valence-corrected chi connectivity index (χ2v) is 5.83. The van der Waals surface area contributed by atoms with Crippen LogP contribution in [0.5, 0.6) is 0 Å². The maximum atomic E-state index is 10.7. The van der Waals surface area contributed by atoms with Crippen molar-refractivity contribution in [2.24, 2.45) is 5.92 Å². The van der Waals surface area contributed by atoms with Crippen molar-refractivity contribution in [1.82, 2.24) is 0 Å². The lowest BCUT2D eigenvalue weighted by molar-refractivity contribution is -0.141. The molecule has 1 N–H and O–H groups in total. The molecule has 3 rings (SSSR count). The lowest BCUT2D eigenvalue weighted by Gasteiger charge is -2.43. The Morgan fingerprint density at radius 1 is 1.06 bits per heavy atom. The van der Waals surface area contributed by atoms with E-state index in [9.17, 15) is 5.11 Å². The predicted molar refractivity (Wildman–Crippen MR) is 60.3 cm³/mol. The van der Waals surface area contributed by atoms with Gasteiger partial charge in [0.25, 0.3) is 0 Å². The molecule has 3 aliphatic rings. The van der Waals surface area contributed by atoms with Gasteiger partial charge in [-0.3, -0.25) is 0 Å². The Labute approximate surface area is 97.1 Å². The van der Waals surface area contributed by atoms with E-state index in [4.69, 9.17) is 9.47 Å². The predicted octanol–water partition coefficient (Wildman–Crippen LogP) is 1.88. The molecule has 0 aromatic heterocycles.